The summed E-state index contributed by atoms with van der Waals surface area (Å²) in [6.45, 7) is 4.70. The zero-order valence-electron chi connectivity index (χ0n) is 19.9. The van der Waals surface area contributed by atoms with Gasteiger partial charge in [0.15, 0.2) is 0 Å². The topological polar surface area (TPSA) is 80.5 Å². The van der Waals surface area contributed by atoms with Gasteiger partial charge in [0.05, 0.1) is 24.8 Å². The molecule has 0 saturated carbocycles. The Hall–Kier alpha value is -4.46. The highest BCUT2D eigenvalue weighted by Gasteiger charge is 2.36. The summed E-state index contributed by atoms with van der Waals surface area (Å²) >= 11 is 0. The molecule has 5 rings (SSSR count). The number of nitrogens with zero attached hydrogens (tertiary/aromatic N) is 3. The van der Waals surface area contributed by atoms with E-state index in [2.05, 4.69) is 15.5 Å². The number of nitrogens with one attached hydrogen (secondary N) is 1. The van der Waals surface area contributed by atoms with Crippen molar-refractivity contribution in [1.29, 1.82) is 0 Å². The van der Waals surface area contributed by atoms with Crippen LogP contribution < -0.4 is 10.1 Å². The molecule has 7 nitrogen and oxygen atoms in total. The Morgan fingerprint density at radius 3 is 2.56 bits per heavy atom. The van der Waals surface area contributed by atoms with Crippen molar-refractivity contribution in [3.8, 4) is 17.1 Å². The first-order chi connectivity index (χ1) is 17.5. The summed E-state index contributed by atoms with van der Waals surface area (Å²) in [6.07, 6.45) is 0. The molecule has 0 bridgehead atoms. The second-order valence-corrected chi connectivity index (χ2v) is 8.39. The van der Waals surface area contributed by atoms with Crippen LogP contribution in [-0.2, 0) is 6.54 Å². The molecule has 0 fully saturated rings. The number of hydrogen-bond acceptors (Lipinski definition) is 5. The first kappa shape index (κ1) is 23.3. The van der Waals surface area contributed by atoms with Crippen LogP contribution in [-0.4, -0.2) is 27.7 Å². The van der Waals surface area contributed by atoms with Gasteiger partial charge >= 0.3 is 6.03 Å². The van der Waals surface area contributed by atoms with E-state index in [0.717, 1.165) is 16.9 Å². The quantitative estimate of drug-likeness (QED) is 0.349. The van der Waals surface area contributed by atoms with Crippen LogP contribution >= 0.6 is 0 Å². The summed E-state index contributed by atoms with van der Waals surface area (Å²) in [5.41, 5.74) is 3.57. The third kappa shape index (κ3) is 4.70. The molecule has 8 heteroatoms. The Bertz CT molecular complexity index is 1400. The standard InChI is InChI=1S/C28H25FN4O3/c1-3-35-23-14-12-20(13-15-23)26-31-27(36-32-26)24-18(2)33(17-19-8-5-4-6-9-19)28(34)30-25(24)21-10-7-11-22(29)16-21/h4-16,25H,3,17H2,1-2H3,(H,30,34). The van der Waals surface area contributed by atoms with Gasteiger partial charge in [0, 0.05) is 11.3 Å². The summed E-state index contributed by atoms with van der Waals surface area (Å²) < 4.78 is 25.3. The van der Waals surface area contributed by atoms with E-state index < -0.39 is 11.9 Å². The molecular weight excluding hydrogens is 459 g/mol. The van der Waals surface area contributed by atoms with Crippen molar-refractivity contribution in [2.24, 2.45) is 0 Å². The van der Waals surface area contributed by atoms with Crippen LogP contribution in [0.15, 0.2) is 89.1 Å². The lowest BCUT2D eigenvalue weighted by Crippen LogP contribution is -2.45. The van der Waals surface area contributed by atoms with Crippen molar-refractivity contribution >= 4 is 11.6 Å². The fraction of sp³-hybridized carbons (Fsp3) is 0.179. The molecule has 182 valence electrons. The number of hydrogen-bond donors (Lipinski definition) is 1. The molecule has 3 aromatic carbocycles. The number of allylic oxidation sites excluding steroid dienone is 1. The van der Waals surface area contributed by atoms with Gasteiger partial charge in [0.1, 0.15) is 11.6 Å². The number of carbonyl (C=O) groups excluding carboxylic acids is 1. The SMILES string of the molecule is CCOc1ccc(-c2noc(C3=C(C)N(Cc4ccccc4)C(=O)NC3c3cccc(F)c3)n2)cc1. The first-order valence-electron chi connectivity index (χ1n) is 11.7. The van der Waals surface area contributed by atoms with Crippen molar-refractivity contribution in [1.82, 2.24) is 20.4 Å². The Balaban J connectivity index is 1.56. The average molecular weight is 485 g/mol. The molecule has 1 aromatic heterocycles. The smallest absolute Gasteiger partial charge is 0.322 e. The predicted octanol–water partition coefficient (Wildman–Crippen LogP) is 5.97. The molecule has 1 aliphatic heterocycles. The molecule has 1 unspecified atom stereocenters. The van der Waals surface area contributed by atoms with Crippen molar-refractivity contribution in [3.63, 3.8) is 0 Å². The van der Waals surface area contributed by atoms with Gasteiger partial charge in [-0.1, -0.05) is 47.6 Å². The molecule has 0 aliphatic carbocycles. The lowest BCUT2D eigenvalue weighted by molar-refractivity contribution is 0.203. The molecule has 1 aliphatic rings. The third-order valence-electron chi connectivity index (χ3n) is 6.04. The summed E-state index contributed by atoms with van der Waals surface area (Å²) in [4.78, 5) is 19.4. The Morgan fingerprint density at radius 1 is 1.06 bits per heavy atom. The van der Waals surface area contributed by atoms with E-state index in [1.807, 2.05) is 68.4 Å². The molecular formula is C28H25FN4O3. The predicted molar refractivity (Wildman–Crippen MR) is 133 cm³/mol. The second kappa shape index (κ2) is 10.0. The van der Waals surface area contributed by atoms with Crippen molar-refractivity contribution < 1.29 is 18.4 Å². The molecule has 2 amide bonds. The highest BCUT2D eigenvalue weighted by Crippen LogP contribution is 2.38. The maximum atomic E-state index is 14.1. The van der Waals surface area contributed by atoms with Gasteiger partial charge in [0.2, 0.25) is 5.82 Å². The number of ether oxygens (including phenoxy) is 1. The Kier molecular flexibility index (Phi) is 6.49. The van der Waals surface area contributed by atoms with Crippen LogP contribution in [0.25, 0.3) is 17.0 Å². The van der Waals surface area contributed by atoms with Gasteiger partial charge in [-0.3, -0.25) is 4.90 Å². The molecule has 0 saturated heterocycles. The summed E-state index contributed by atoms with van der Waals surface area (Å²) in [6, 6.07) is 22.3. The first-order valence-corrected chi connectivity index (χ1v) is 11.7. The summed E-state index contributed by atoms with van der Waals surface area (Å²) in [5, 5.41) is 7.18. The number of halogens is 1. The second-order valence-electron chi connectivity index (χ2n) is 8.39. The fourth-order valence-electron chi connectivity index (χ4n) is 4.27. The molecule has 1 atom stereocenters. The lowest BCUT2D eigenvalue weighted by atomic mass is 9.94. The number of carbonyl (C=O) groups is 1. The van der Waals surface area contributed by atoms with Crippen LogP contribution in [0.3, 0.4) is 0 Å². The minimum Gasteiger partial charge on any atom is -0.494 e. The lowest BCUT2D eigenvalue weighted by Gasteiger charge is -2.35. The van der Waals surface area contributed by atoms with E-state index in [1.54, 1.807) is 17.0 Å². The van der Waals surface area contributed by atoms with Crippen LogP contribution in [0.5, 0.6) is 5.75 Å². The normalized spacial score (nSPS) is 15.7. The van der Waals surface area contributed by atoms with Gasteiger partial charge in [-0.15, -0.1) is 0 Å². The van der Waals surface area contributed by atoms with Crippen LogP contribution in [0, 0.1) is 5.82 Å². The van der Waals surface area contributed by atoms with Gasteiger partial charge < -0.3 is 14.6 Å². The Labute approximate surface area is 208 Å². The van der Waals surface area contributed by atoms with E-state index in [9.17, 15) is 9.18 Å². The van der Waals surface area contributed by atoms with Gasteiger partial charge in [-0.2, -0.15) is 4.98 Å². The minimum atomic E-state index is -0.658. The number of aromatic nitrogens is 2. The number of benzene rings is 3. The third-order valence-corrected chi connectivity index (χ3v) is 6.04. The molecule has 0 spiro atoms. The zero-order chi connectivity index (χ0) is 25.1. The number of rotatable bonds is 7. The maximum absolute atomic E-state index is 14.1. The van der Waals surface area contributed by atoms with E-state index in [4.69, 9.17) is 9.26 Å². The van der Waals surface area contributed by atoms with Crippen molar-refractivity contribution in [3.05, 3.63) is 107 Å². The highest BCUT2D eigenvalue weighted by atomic mass is 19.1. The molecule has 4 aromatic rings. The molecule has 1 N–H and O–H groups in total. The molecule has 2 heterocycles. The maximum Gasteiger partial charge on any atom is 0.322 e. The van der Waals surface area contributed by atoms with Crippen molar-refractivity contribution in [2.75, 3.05) is 6.61 Å². The monoisotopic (exact) mass is 484 g/mol. The number of amides is 2. The number of urea groups is 1. The van der Waals surface area contributed by atoms with Gasteiger partial charge in [-0.25, -0.2) is 9.18 Å². The average Bonchev–Trinajstić information content (AvgIpc) is 3.37. The molecule has 36 heavy (non-hydrogen) atoms. The fourth-order valence-corrected chi connectivity index (χ4v) is 4.27. The van der Waals surface area contributed by atoms with Crippen LogP contribution in [0.4, 0.5) is 9.18 Å². The Morgan fingerprint density at radius 2 is 1.83 bits per heavy atom. The summed E-state index contributed by atoms with van der Waals surface area (Å²) in [5.74, 6) is 1.01. The van der Waals surface area contributed by atoms with E-state index in [-0.39, 0.29) is 11.9 Å². The largest absolute Gasteiger partial charge is 0.494 e. The highest BCUT2D eigenvalue weighted by molar-refractivity contribution is 5.86. The van der Waals surface area contributed by atoms with E-state index in [0.29, 0.717) is 35.8 Å². The summed E-state index contributed by atoms with van der Waals surface area (Å²) in [7, 11) is 0. The van der Waals surface area contributed by atoms with Gasteiger partial charge in [-0.05, 0) is 61.4 Å². The van der Waals surface area contributed by atoms with Crippen LogP contribution in [0.1, 0.15) is 36.9 Å². The van der Waals surface area contributed by atoms with Crippen molar-refractivity contribution in [2.45, 2.75) is 26.4 Å². The minimum absolute atomic E-state index is 0.253. The van der Waals surface area contributed by atoms with E-state index in [1.165, 1.54) is 12.1 Å². The van der Waals surface area contributed by atoms with Crippen LogP contribution in [0.2, 0.25) is 0 Å². The zero-order valence-corrected chi connectivity index (χ0v) is 19.9. The van der Waals surface area contributed by atoms with E-state index >= 15 is 0 Å². The molecule has 0 radical (unpaired) electrons. The van der Waals surface area contributed by atoms with Gasteiger partial charge in [0.25, 0.3) is 5.89 Å².